The van der Waals surface area contributed by atoms with Gasteiger partial charge in [-0.2, -0.15) is 4.79 Å². The van der Waals surface area contributed by atoms with Crippen molar-refractivity contribution in [3.8, 4) is 0 Å². The Bertz CT molecular complexity index is 476. The van der Waals surface area contributed by atoms with Gasteiger partial charge in [0.1, 0.15) is 0 Å². The molecule has 0 fully saturated rings. The van der Waals surface area contributed by atoms with Crippen molar-refractivity contribution in [3.63, 3.8) is 0 Å². The van der Waals surface area contributed by atoms with Crippen molar-refractivity contribution in [2.75, 3.05) is 0 Å². The van der Waals surface area contributed by atoms with Crippen LogP contribution < -0.4 is 9.57 Å². The fraction of sp³-hybridized carbons (Fsp3) is 0. The largest absolute Gasteiger partial charge is 0.569 e. The number of carboxylic acid groups (broad SMARTS) is 1. The lowest BCUT2D eigenvalue weighted by molar-refractivity contribution is -0.849. The van der Waals surface area contributed by atoms with Crippen molar-refractivity contribution in [3.05, 3.63) is 42.6 Å². The Kier molecular flexibility index (Phi) is 2.02. The van der Waals surface area contributed by atoms with Crippen LogP contribution in [-0.4, -0.2) is 11.3 Å². The van der Waals surface area contributed by atoms with Crippen molar-refractivity contribution < 1.29 is 19.5 Å². The fourth-order valence-corrected chi connectivity index (χ4v) is 1.30. The fourth-order valence-electron chi connectivity index (χ4n) is 1.30. The van der Waals surface area contributed by atoms with Crippen LogP contribution in [0.3, 0.4) is 0 Å². The number of rotatable bonds is 1. The summed E-state index contributed by atoms with van der Waals surface area (Å²) >= 11 is 0. The number of hydrogen-bond donors (Lipinski definition) is 1. The molecule has 0 aliphatic carbocycles. The van der Waals surface area contributed by atoms with E-state index in [1.54, 1.807) is 18.3 Å². The van der Waals surface area contributed by atoms with E-state index in [9.17, 15) is 4.79 Å². The van der Waals surface area contributed by atoms with Gasteiger partial charge in [0.25, 0.3) is 5.52 Å². The molecular formula is C10H8NO3+. The molecule has 2 aromatic rings. The molecule has 2 rings (SSSR count). The number of benzene rings is 1. The Balaban J connectivity index is 2.59. The van der Waals surface area contributed by atoms with Crippen LogP contribution in [0.2, 0.25) is 0 Å². The summed E-state index contributed by atoms with van der Waals surface area (Å²) in [6.07, 6.45) is 0.225. The minimum atomic E-state index is -1.33. The molecule has 0 unspecified atom stereocenters. The Morgan fingerprint density at radius 2 is 1.93 bits per heavy atom. The predicted molar refractivity (Wildman–Crippen MR) is 48.7 cm³/mol. The van der Waals surface area contributed by atoms with Gasteiger partial charge in [-0.1, -0.05) is 12.1 Å². The smallest absolute Gasteiger partial charge is 0.446 e. The van der Waals surface area contributed by atoms with Crippen molar-refractivity contribution in [1.82, 2.24) is 0 Å². The molecular weight excluding hydrogens is 182 g/mol. The number of carbonyl (C=O) groups is 1. The van der Waals surface area contributed by atoms with Crippen molar-refractivity contribution in [1.29, 1.82) is 0 Å². The predicted octanol–water partition coefficient (Wildman–Crippen LogP) is 1.23. The Morgan fingerprint density at radius 1 is 1.21 bits per heavy atom. The molecule has 1 aromatic heterocycles. The third kappa shape index (κ3) is 1.50. The summed E-state index contributed by atoms with van der Waals surface area (Å²) in [7, 11) is 0. The van der Waals surface area contributed by atoms with Gasteiger partial charge in [-0.05, 0) is 12.1 Å². The number of nitrogens with zero attached hydrogens (tertiary/aromatic N) is 1. The molecule has 4 heteroatoms. The van der Waals surface area contributed by atoms with Crippen molar-refractivity contribution in [2.45, 2.75) is 0 Å². The molecule has 14 heavy (non-hydrogen) atoms. The standard InChI is InChI=1S/C10H7NO3/c12-10(13)14-11-7-3-5-8-4-1-2-6-9(8)11/h1-7H/p+1. The number of pyridine rings is 1. The third-order valence-electron chi connectivity index (χ3n) is 1.85. The average Bonchev–Trinajstić information content (AvgIpc) is 2.18. The van der Waals surface area contributed by atoms with Crippen LogP contribution >= 0.6 is 0 Å². The van der Waals surface area contributed by atoms with E-state index in [1.807, 2.05) is 24.3 Å². The van der Waals surface area contributed by atoms with Crippen LogP contribution in [0.5, 0.6) is 0 Å². The Hall–Kier alpha value is -2.10. The first kappa shape index (κ1) is 8.50. The molecule has 0 aliphatic heterocycles. The zero-order valence-corrected chi connectivity index (χ0v) is 7.25. The number of fused-ring (bicyclic) bond motifs is 1. The molecule has 0 atom stereocenters. The van der Waals surface area contributed by atoms with Crippen molar-refractivity contribution in [2.24, 2.45) is 0 Å². The number of hydrogen-bond acceptors (Lipinski definition) is 2. The molecule has 70 valence electrons. The molecule has 0 amide bonds. The first-order valence-corrected chi connectivity index (χ1v) is 4.08. The van der Waals surface area contributed by atoms with E-state index in [0.717, 1.165) is 10.9 Å². The van der Waals surface area contributed by atoms with E-state index in [4.69, 9.17) is 5.11 Å². The Morgan fingerprint density at radius 3 is 2.71 bits per heavy atom. The van der Waals surface area contributed by atoms with Gasteiger partial charge < -0.3 is 5.11 Å². The molecule has 0 radical (unpaired) electrons. The summed E-state index contributed by atoms with van der Waals surface area (Å²) in [6.45, 7) is 0. The minimum absolute atomic E-state index is 0.720. The average molecular weight is 190 g/mol. The molecule has 0 aliphatic rings. The van der Waals surface area contributed by atoms with Gasteiger partial charge >= 0.3 is 6.16 Å². The van der Waals surface area contributed by atoms with Gasteiger partial charge in [0.15, 0.2) is 0 Å². The van der Waals surface area contributed by atoms with Crippen LogP contribution in [0, 0.1) is 0 Å². The highest BCUT2D eigenvalue weighted by molar-refractivity contribution is 5.75. The molecule has 0 saturated heterocycles. The zero-order valence-electron chi connectivity index (χ0n) is 7.25. The monoisotopic (exact) mass is 190 g/mol. The highest BCUT2D eigenvalue weighted by Gasteiger charge is 2.12. The van der Waals surface area contributed by atoms with Gasteiger partial charge in [0, 0.05) is 16.9 Å². The van der Waals surface area contributed by atoms with E-state index < -0.39 is 6.16 Å². The Labute approximate surface area is 79.9 Å². The van der Waals surface area contributed by atoms with Gasteiger partial charge in [-0.25, -0.2) is 0 Å². The second kappa shape index (κ2) is 3.33. The molecule has 1 aromatic carbocycles. The molecule has 0 bridgehead atoms. The summed E-state index contributed by atoms with van der Waals surface area (Å²) in [5, 5.41) is 9.41. The van der Waals surface area contributed by atoms with E-state index in [0.29, 0.717) is 0 Å². The summed E-state index contributed by atoms with van der Waals surface area (Å²) in [5.41, 5.74) is 0.720. The second-order valence-electron chi connectivity index (χ2n) is 2.75. The van der Waals surface area contributed by atoms with Crippen LogP contribution in [0.4, 0.5) is 4.79 Å². The molecule has 0 spiro atoms. The van der Waals surface area contributed by atoms with Crippen LogP contribution in [0.1, 0.15) is 0 Å². The van der Waals surface area contributed by atoms with E-state index >= 15 is 0 Å². The van der Waals surface area contributed by atoms with Gasteiger partial charge in [-0.15, -0.1) is 4.84 Å². The maximum atomic E-state index is 10.4. The van der Waals surface area contributed by atoms with E-state index in [-0.39, 0.29) is 0 Å². The van der Waals surface area contributed by atoms with Crippen LogP contribution in [-0.2, 0) is 0 Å². The lowest BCUT2D eigenvalue weighted by Gasteiger charge is -1.95. The van der Waals surface area contributed by atoms with E-state index in [1.165, 1.54) is 4.73 Å². The molecule has 1 N–H and O–H groups in total. The molecule has 1 heterocycles. The van der Waals surface area contributed by atoms with E-state index in [2.05, 4.69) is 4.84 Å². The van der Waals surface area contributed by atoms with Crippen LogP contribution in [0.15, 0.2) is 42.6 Å². The summed E-state index contributed by atoms with van der Waals surface area (Å²) < 4.78 is 1.22. The number of para-hydroxylation sites is 1. The quantitative estimate of drug-likeness (QED) is 0.688. The summed E-state index contributed by atoms with van der Waals surface area (Å²) in [5.74, 6) is 0. The maximum absolute atomic E-state index is 10.4. The topological polar surface area (TPSA) is 50.4 Å². The highest BCUT2D eigenvalue weighted by atomic mass is 16.8. The van der Waals surface area contributed by atoms with Gasteiger partial charge in [-0.3, -0.25) is 0 Å². The maximum Gasteiger partial charge on any atom is 0.569 e. The lowest BCUT2D eigenvalue weighted by atomic mass is 10.2. The normalized spacial score (nSPS) is 10.0. The zero-order chi connectivity index (χ0) is 9.97. The third-order valence-corrected chi connectivity index (χ3v) is 1.85. The first-order valence-electron chi connectivity index (χ1n) is 4.08. The summed E-state index contributed by atoms with van der Waals surface area (Å²) in [4.78, 5) is 14.9. The SMILES string of the molecule is O=C(O)O[n+]1cccc2ccccc21. The number of aromatic nitrogens is 1. The molecule has 4 nitrogen and oxygen atoms in total. The highest BCUT2D eigenvalue weighted by Crippen LogP contribution is 2.06. The lowest BCUT2D eigenvalue weighted by Crippen LogP contribution is -2.45. The van der Waals surface area contributed by atoms with Gasteiger partial charge in [0.2, 0.25) is 6.20 Å². The molecule has 0 saturated carbocycles. The van der Waals surface area contributed by atoms with Gasteiger partial charge in [0.05, 0.1) is 5.39 Å². The van der Waals surface area contributed by atoms with Crippen LogP contribution in [0.25, 0.3) is 10.9 Å². The van der Waals surface area contributed by atoms with Crippen molar-refractivity contribution >= 4 is 17.1 Å². The summed E-state index contributed by atoms with van der Waals surface area (Å²) in [6, 6.07) is 11.0. The second-order valence-corrected chi connectivity index (χ2v) is 2.75. The first-order chi connectivity index (χ1) is 6.77. The minimum Gasteiger partial charge on any atom is -0.446 e.